The van der Waals surface area contributed by atoms with E-state index in [0.29, 0.717) is 30.8 Å². The molecule has 1 fully saturated rings. The van der Waals surface area contributed by atoms with Gasteiger partial charge in [0, 0.05) is 44.6 Å². The number of rotatable bonds is 7. The van der Waals surface area contributed by atoms with Crippen molar-refractivity contribution in [2.24, 2.45) is 7.05 Å². The molecule has 1 aliphatic heterocycles. The van der Waals surface area contributed by atoms with Gasteiger partial charge in [-0.15, -0.1) is 0 Å². The summed E-state index contributed by atoms with van der Waals surface area (Å²) >= 11 is 0. The van der Waals surface area contributed by atoms with Crippen molar-refractivity contribution in [3.8, 4) is 11.3 Å². The standard InChI is InChI=1S/C22H22FN5O4/c1-26-10-9-24-20(26)12-22(32-2)13-27(14-22)21(29)11-18-19(28(30)31)8-7-17(25-18)15-3-5-16(23)6-4-15/h3-10H,11-14H2,1-2H3. The molecule has 0 bridgehead atoms. The third-order valence-corrected chi connectivity index (χ3v) is 5.75. The SMILES string of the molecule is COC1(Cc2nccn2C)CN(C(=O)Cc2nc(-c3ccc(F)cc3)ccc2[N+](=O)[O-])C1. The van der Waals surface area contributed by atoms with Crippen LogP contribution >= 0.6 is 0 Å². The zero-order valence-corrected chi connectivity index (χ0v) is 17.7. The summed E-state index contributed by atoms with van der Waals surface area (Å²) in [6.45, 7) is 0.723. The quantitative estimate of drug-likeness (QED) is 0.414. The Labute approximate surface area is 183 Å². The molecule has 0 N–H and O–H groups in total. The van der Waals surface area contributed by atoms with Gasteiger partial charge in [-0.3, -0.25) is 14.9 Å². The van der Waals surface area contributed by atoms with Crippen LogP contribution in [0.25, 0.3) is 11.3 Å². The number of ether oxygens (including phenoxy) is 1. The van der Waals surface area contributed by atoms with E-state index in [9.17, 15) is 19.3 Å². The van der Waals surface area contributed by atoms with Crippen LogP contribution in [0.15, 0.2) is 48.8 Å². The molecule has 1 aromatic carbocycles. The average Bonchev–Trinajstić information content (AvgIpc) is 3.14. The second-order valence-electron chi connectivity index (χ2n) is 7.87. The fraction of sp³-hybridized carbons (Fsp3) is 0.318. The van der Waals surface area contributed by atoms with Gasteiger partial charge >= 0.3 is 0 Å². The van der Waals surface area contributed by atoms with E-state index in [1.54, 1.807) is 18.2 Å². The number of carbonyl (C=O) groups is 1. The predicted molar refractivity (Wildman–Crippen MR) is 113 cm³/mol. The van der Waals surface area contributed by atoms with Gasteiger partial charge in [-0.25, -0.2) is 14.4 Å². The Morgan fingerprint density at radius 3 is 2.56 bits per heavy atom. The molecule has 1 saturated heterocycles. The molecule has 1 amide bonds. The highest BCUT2D eigenvalue weighted by molar-refractivity contribution is 5.81. The molecule has 3 heterocycles. The Bertz CT molecular complexity index is 1160. The van der Waals surface area contributed by atoms with Crippen molar-refractivity contribution in [3.63, 3.8) is 0 Å². The first kappa shape index (κ1) is 21.6. The molecule has 10 heteroatoms. The maximum absolute atomic E-state index is 13.2. The first-order valence-corrected chi connectivity index (χ1v) is 10.00. The molecule has 4 rings (SSSR count). The summed E-state index contributed by atoms with van der Waals surface area (Å²) in [5, 5.41) is 11.5. The van der Waals surface area contributed by atoms with E-state index >= 15 is 0 Å². The maximum atomic E-state index is 13.2. The van der Waals surface area contributed by atoms with Crippen molar-refractivity contribution in [2.75, 3.05) is 20.2 Å². The van der Waals surface area contributed by atoms with Crippen molar-refractivity contribution in [1.29, 1.82) is 0 Å². The number of hydrogen-bond donors (Lipinski definition) is 0. The van der Waals surface area contributed by atoms with Crippen LogP contribution in [0.5, 0.6) is 0 Å². The largest absolute Gasteiger partial charge is 0.374 e. The minimum absolute atomic E-state index is 0.0702. The molecule has 0 unspecified atom stereocenters. The number of nitro groups is 1. The number of aromatic nitrogens is 3. The third-order valence-electron chi connectivity index (χ3n) is 5.75. The van der Waals surface area contributed by atoms with Gasteiger partial charge in [-0.2, -0.15) is 0 Å². The highest BCUT2D eigenvalue weighted by Gasteiger charge is 2.46. The fourth-order valence-corrected chi connectivity index (χ4v) is 3.82. The maximum Gasteiger partial charge on any atom is 0.291 e. The molecular formula is C22H22FN5O4. The van der Waals surface area contributed by atoms with Crippen molar-refractivity contribution in [2.45, 2.75) is 18.4 Å². The number of nitrogens with zero attached hydrogens (tertiary/aromatic N) is 5. The van der Waals surface area contributed by atoms with Crippen LogP contribution < -0.4 is 0 Å². The lowest BCUT2D eigenvalue weighted by Crippen LogP contribution is -2.66. The van der Waals surface area contributed by atoms with E-state index in [1.165, 1.54) is 36.4 Å². The smallest absolute Gasteiger partial charge is 0.291 e. The molecule has 0 aliphatic carbocycles. The number of imidazole rings is 1. The Balaban J connectivity index is 1.50. The van der Waals surface area contributed by atoms with E-state index < -0.39 is 16.3 Å². The molecule has 0 spiro atoms. The number of methoxy groups -OCH3 is 1. The number of amides is 1. The summed E-state index contributed by atoms with van der Waals surface area (Å²) in [6, 6.07) is 8.46. The van der Waals surface area contributed by atoms with Gasteiger partial charge in [0.1, 0.15) is 22.9 Å². The normalized spacial score (nSPS) is 14.8. The van der Waals surface area contributed by atoms with E-state index in [1.807, 2.05) is 17.8 Å². The van der Waals surface area contributed by atoms with Crippen molar-refractivity contribution < 1.29 is 18.8 Å². The third kappa shape index (κ3) is 4.22. The Hall–Kier alpha value is -3.66. The monoisotopic (exact) mass is 439 g/mol. The number of benzene rings is 1. The van der Waals surface area contributed by atoms with Gasteiger partial charge < -0.3 is 14.2 Å². The van der Waals surface area contributed by atoms with E-state index in [-0.39, 0.29) is 23.7 Å². The molecule has 9 nitrogen and oxygen atoms in total. The summed E-state index contributed by atoms with van der Waals surface area (Å²) in [5.74, 6) is 0.184. The van der Waals surface area contributed by atoms with Crippen LogP contribution in [0.3, 0.4) is 0 Å². The highest BCUT2D eigenvalue weighted by atomic mass is 19.1. The molecule has 0 atom stereocenters. The van der Waals surface area contributed by atoms with Crippen molar-refractivity contribution in [3.05, 3.63) is 76.2 Å². The Morgan fingerprint density at radius 1 is 1.25 bits per heavy atom. The Kier molecular flexibility index (Phi) is 5.70. The van der Waals surface area contributed by atoms with Gasteiger partial charge in [0.2, 0.25) is 5.91 Å². The van der Waals surface area contributed by atoms with Crippen LogP contribution in [-0.4, -0.2) is 56.1 Å². The second kappa shape index (κ2) is 8.46. The molecule has 1 aliphatic rings. The minimum Gasteiger partial charge on any atom is -0.374 e. The summed E-state index contributed by atoms with van der Waals surface area (Å²) in [4.78, 5) is 34.0. The van der Waals surface area contributed by atoms with Crippen LogP contribution in [0, 0.1) is 15.9 Å². The Morgan fingerprint density at radius 2 is 1.97 bits per heavy atom. The lowest BCUT2D eigenvalue weighted by Gasteiger charge is -2.48. The first-order valence-electron chi connectivity index (χ1n) is 10.00. The van der Waals surface area contributed by atoms with Gasteiger partial charge in [0.05, 0.1) is 30.1 Å². The fourth-order valence-electron chi connectivity index (χ4n) is 3.82. The summed E-state index contributed by atoms with van der Waals surface area (Å²) in [5.41, 5.74) is 0.344. The van der Waals surface area contributed by atoms with Crippen molar-refractivity contribution >= 4 is 11.6 Å². The van der Waals surface area contributed by atoms with Gasteiger partial charge in [-0.1, -0.05) is 0 Å². The summed E-state index contributed by atoms with van der Waals surface area (Å²) < 4.78 is 20.8. The minimum atomic E-state index is -0.555. The number of aryl methyl sites for hydroxylation is 1. The zero-order chi connectivity index (χ0) is 22.9. The molecule has 0 radical (unpaired) electrons. The number of pyridine rings is 1. The van der Waals surface area contributed by atoms with Gasteiger partial charge in [-0.05, 0) is 30.3 Å². The highest BCUT2D eigenvalue weighted by Crippen LogP contribution is 2.30. The van der Waals surface area contributed by atoms with E-state index in [0.717, 1.165) is 5.82 Å². The van der Waals surface area contributed by atoms with Crippen LogP contribution in [0.1, 0.15) is 11.5 Å². The van der Waals surface area contributed by atoms with E-state index in [4.69, 9.17) is 4.74 Å². The topological polar surface area (TPSA) is 103 Å². The van der Waals surface area contributed by atoms with Crippen LogP contribution in [-0.2, 0) is 29.4 Å². The first-order chi connectivity index (χ1) is 15.3. The summed E-state index contributed by atoms with van der Waals surface area (Å²) in [6.07, 6.45) is 3.89. The molecule has 166 valence electrons. The average molecular weight is 439 g/mol. The van der Waals surface area contributed by atoms with E-state index in [2.05, 4.69) is 9.97 Å². The zero-order valence-electron chi connectivity index (χ0n) is 17.7. The molecule has 3 aromatic rings. The number of halogens is 1. The molecular weight excluding hydrogens is 417 g/mol. The number of likely N-dealkylation sites (tertiary alicyclic amines) is 1. The number of hydrogen-bond acceptors (Lipinski definition) is 6. The second-order valence-corrected chi connectivity index (χ2v) is 7.87. The summed E-state index contributed by atoms with van der Waals surface area (Å²) in [7, 11) is 3.50. The van der Waals surface area contributed by atoms with Gasteiger partial charge in [0.25, 0.3) is 5.69 Å². The number of carbonyl (C=O) groups excluding carboxylic acids is 1. The lowest BCUT2D eigenvalue weighted by atomic mass is 9.89. The lowest BCUT2D eigenvalue weighted by molar-refractivity contribution is -0.385. The molecule has 0 saturated carbocycles. The van der Waals surface area contributed by atoms with Crippen molar-refractivity contribution in [1.82, 2.24) is 19.4 Å². The van der Waals surface area contributed by atoms with Gasteiger partial charge in [0.15, 0.2) is 0 Å². The molecule has 32 heavy (non-hydrogen) atoms. The molecule has 2 aromatic heterocycles. The van der Waals surface area contributed by atoms with Crippen LogP contribution in [0.4, 0.5) is 10.1 Å². The predicted octanol–water partition coefficient (Wildman–Crippen LogP) is 2.54. The van der Waals surface area contributed by atoms with Crippen LogP contribution in [0.2, 0.25) is 0 Å².